The van der Waals surface area contributed by atoms with E-state index in [1.54, 1.807) is 6.20 Å². The number of aryl methyl sites for hydroxylation is 1. The van der Waals surface area contributed by atoms with E-state index in [0.717, 1.165) is 24.1 Å². The molecule has 0 fully saturated rings. The van der Waals surface area contributed by atoms with E-state index < -0.39 is 0 Å². The smallest absolute Gasteiger partial charge is 0.104 e. The third kappa shape index (κ3) is 3.70. The highest BCUT2D eigenvalue weighted by Gasteiger charge is 1.97. The maximum absolute atomic E-state index is 5.48. The molecule has 4 heteroatoms. The zero-order valence-corrected chi connectivity index (χ0v) is 9.12. The molecule has 0 atom stereocenters. The van der Waals surface area contributed by atoms with E-state index in [0.29, 0.717) is 4.99 Å². The van der Waals surface area contributed by atoms with Crippen molar-refractivity contribution in [2.24, 2.45) is 5.73 Å². The fraction of sp³-hybridized carbons (Fsp3) is 0.333. The Labute approximate surface area is 90.0 Å². The number of hydrogen-bond donors (Lipinski definition) is 1. The summed E-state index contributed by atoms with van der Waals surface area (Å²) in [6, 6.07) is 3.79. The van der Waals surface area contributed by atoms with Crippen molar-refractivity contribution in [1.82, 2.24) is 4.98 Å². The van der Waals surface area contributed by atoms with E-state index in [2.05, 4.69) is 11.9 Å². The molecule has 0 aliphatic carbocycles. The molecule has 1 rings (SSSR count). The van der Waals surface area contributed by atoms with Crippen LogP contribution in [-0.2, 0) is 6.42 Å². The number of pyridine rings is 1. The fourth-order valence-corrected chi connectivity index (χ4v) is 1.15. The molecule has 0 spiro atoms. The average Bonchev–Trinajstić information content (AvgIpc) is 2.05. The molecule has 13 heavy (non-hydrogen) atoms. The summed E-state index contributed by atoms with van der Waals surface area (Å²) >= 11 is 4.86. The molecule has 0 aliphatic heterocycles. The van der Waals surface area contributed by atoms with Crippen molar-refractivity contribution >= 4 is 29.6 Å². The summed E-state index contributed by atoms with van der Waals surface area (Å²) in [5.74, 6) is 0. The van der Waals surface area contributed by atoms with Crippen LogP contribution < -0.4 is 5.73 Å². The number of rotatable bonds is 3. The highest BCUT2D eigenvalue weighted by molar-refractivity contribution is 7.80. The van der Waals surface area contributed by atoms with Crippen molar-refractivity contribution in [2.75, 3.05) is 0 Å². The molecule has 0 bridgehead atoms. The second kappa shape index (κ2) is 5.89. The molecular formula is C9H13ClN2S. The van der Waals surface area contributed by atoms with Crippen LogP contribution in [0, 0.1) is 0 Å². The van der Waals surface area contributed by atoms with E-state index in [1.165, 1.54) is 0 Å². The van der Waals surface area contributed by atoms with Crippen LogP contribution >= 0.6 is 24.6 Å². The lowest BCUT2D eigenvalue weighted by Gasteiger charge is -2.00. The predicted octanol–water partition coefficient (Wildman–Crippen LogP) is 2.09. The maximum atomic E-state index is 5.48. The number of halogens is 1. The summed E-state index contributed by atoms with van der Waals surface area (Å²) in [5.41, 5.74) is 7.45. The summed E-state index contributed by atoms with van der Waals surface area (Å²) in [6.45, 7) is 2.12. The predicted molar refractivity (Wildman–Crippen MR) is 61.4 cm³/mol. The van der Waals surface area contributed by atoms with Crippen LogP contribution in [0.4, 0.5) is 0 Å². The Hall–Kier alpha value is -0.670. The Balaban J connectivity index is 0.00000144. The van der Waals surface area contributed by atoms with Crippen molar-refractivity contribution < 1.29 is 0 Å². The van der Waals surface area contributed by atoms with Crippen LogP contribution in [0.1, 0.15) is 24.6 Å². The third-order valence-corrected chi connectivity index (χ3v) is 1.84. The first-order valence-electron chi connectivity index (χ1n) is 3.98. The lowest BCUT2D eigenvalue weighted by Crippen LogP contribution is -2.09. The monoisotopic (exact) mass is 216 g/mol. The Kier molecular flexibility index (Phi) is 5.58. The van der Waals surface area contributed by atoms with Crippen LogP contribution in [0.25, 0.3) is 0 Å². The van der Waals surface area contributed by atoms with Crippen LogP contribution in [0.15, 0.2) is 18.3 Å². The number of hydrogen-bond acceptors (Lipinski definition) is 2. The Morgan fingerprint density at radius 3 is 2.85 bits per heavy atom. The van der Waals surface area contributed by atoms with E-state index in [1.807, 2.05) is 12.1 Å². The van der Waals surface area contributed by atoms with Crippen LogP contribution in [0.5, 0.6) is 0 Å². The van der Waals surface area contributed by atoms with Gasteiger partial charge in [0.05, 0.1) is 0 Å². The van der Waals surface area contributed by atoms with Crippen molar-refractivity contribution in [3.05, 3.63) is 29.6 Å². The van der Waals surface area contributed by atoms with Gasteiger partial charge in [0.1, 0.15) is 4.99 Å². The number of aromatic nitrogens is 1. The molecular weight excluding hydrogens is 204 g/mol. The quantitative estimate of drug-likeness (QED) is 0.787. The highest BCUT2D eigenvalue weighted by Crippen LogP contribution is 2.03. The van der Waals surface area contributed by atoms with Crippen molar-refractivity contribution in [3.63, 3.8) is 0 Å². The molecule has 1 aromatic heterocycles. The molecule has 0 radical (unpaired) electrons. The number of nitrogens with zero attached hydrogens (tertiary/aromatic N) is 1. The topological polar surface area (TPSA) is 38.9 Å². The van der Waals surface area contributed by atoms with Gasteiger partial charge in [0.15, 0.2) is 0 Å². The van der Waals surface area contributed by atoms with Gasteiger partial charge in [0.25, 0.3) is 0 Å². The summed E-state index contributed by atoms with van der Waals surface area (Å²) in [7, 11) is 0. The molecule has 0 saturated carbocycles. The van der Waals surface area contributed by atoms with Gasteiger partial charge in [-0.2, -0.15) is 0 Å². The summed E-state index contributed by atoms with van der Waals surface area (Å²) in [5, 5.41) is 0. The molecule has 2 N–H and O–H groups in total. The minimum atomic E-state index is 0. The molecule has 72 valence electrons. The van der Waals surface area contributed by atoms with E-state index in [9.17, 15) is 0 Å². The van der Waals surface area contributed by atoms with E-state index in [4.69, 9.17) is 18.0 Å². The second-order valence-electron chi connectivity index (χ2n) is 2.65. The third-order valence-electron chi connectivity index (χ3n) is 1.61. The van der Waals surface area contributed by atoms with Gasteiger partial charge in [-0.05, 0) is 18.6 Å². The highest BCUT2D eigenvalue weighted by atomic mass is 35.5. The van der Waals surface area contributed by atoms with E-state index >= 15 is 0 Å². The summed E-state index contributed by atoms with van der Waals surface area (Å²) in [6.07, 6.45) is 3.82. The summed E-state index contributed by atoms with van der Waals surface area (Å²) < 4.78 is 0. The normalized spacial score (nSPS) is 9.00. The first-order valence-corrected chi connectivity index (χ1v) is 4.39. The molecule has 1 heterocycles. The zero-order valence-electron chi connectivity index (χ0n) is 7.49. The molecule has 0 amide bonds. The van der Waals surface area contributed by atoms with Gasteiger partial charge in [0.2, 0.25) is 0 Å². The van der Waals surface area contributed by atoms with Gasteiger partial charge in [-0.3, -0.25) is 4.98 Å². The minimum absolute atomic E-state index is 0. The number of nitrogens with two attached hydrogens (primary N) is 1. The maximum Gasteiger partial charge on any atom is 0.104 e. The van der Waals surface area contributed by atoms with Gasteiger partial charge in [0, 0.05) is 17.5 Å². The largest absolute Gasteiger partial charge is 0.389 e. The van der Waals surface area contributed by atoms with Gasteiger partial charge < -0.3 is 5.73 Å². The number of thiocarbonyl (C=S) groups is 1. The van der Waals surface area contributed by atoms with Crippen molar-refractivity contribution in [2.45, 2.75) is 19.8 Å². The molecule has 0 unspecified atom stereocenters. The Morgan fingerprint density at radius 2 is 2.31 bits per heavy atom. The first-order chi connectivity index (χ1) is 5.74. The van der Waals surface area contributed by atoms with Crippen molar-refractivity contribution in [3.8, 4) is 0 Å². The molecule has 2 nitrogen and oxygen atoms in total. The zero-order chi connectivity index (χ0) is 8.97. The van der Waals surface area contributed by atoms with Crippen LogP contribution in [0.2, 0.25) is 0 Å². The lowest BCUT2D eigenvalue weighted by atomic mass is 10.2. The standard InChI is InChI=1S/C9H12N2S.ClH/c1-2-3-8-6-7(9(10)12)4-5-11-8;/h4-6H,2-3H2,1H3,(H2,10,12);1H. The van der Waals surface area contributed by atoms with Crippen molar-refractivity contribution in [1.29, 1.82) is 0 Å². The molecule has 1 aromatic rings. The lowest BCUT2D eigenvalue weighted by molar-refractivity contribution is 0.882. The summed E-state index contributed by atoms with van der Waals surface area (Å²) in [4.78, 5) is 4.64. The van der Waals surface area contributed by atoms with Gasteiger partial charge >= 0.3 is 0 Å². The minimum Gasteiger partial charge on any atom is -0.389 e. The Bertz CT molecular complexity index is 289. The SMILES string of the molecule is CCCc1cc(C(N)=S)ccn1.Cl. The van der Waals surface area contributed by atoms with Gasteiger partial charge in [-0.1, -0.05) is 25.6 Å². The molecule has 0 saturated heterocycles. The fourth-order valence-electron chi connectivity index (χ4n) is 1.02. The van der Waals surface area contributed by atoms with Gasteiger partial charge in [-0.25, -0.2) is 0 Å². The van der Waals surface area contributed by atoms with E-state index in [-0.39, 0.29) is 12.4 Å². The van der Waals surface area contributed by atoms with Crippen LogP contribution in [-0.4, -0.2) is 9.97 Å². The Morgan fingerprint density at radius 1 is 1.62 bits per heavy atom. The van der Waals surface area contributed by atoms with Gasteiger partial charge in [-0.15, -0.1) is 12.4 Å². The van der Waals surface area contributed by atoms with Crippen LogP contribution in [0.3, 0.4) is 0 Å². The average molecular weight is 217 g/mol. The molecule has 0 aromatic carbocycles. The first kappa shape index (κ1) is 12.3. The second-order valence-corrected chi connectivity index (χ2v) is 3.09. The molecule has 0 aliphatic rings.